The van der Waals surface area contributed by atoms with Crippen LogP contribution in [0.3, 0.4) is 0 Å². The second-order valence-electron chi connectivity index (χ2n) is 10.5. The van der Waals surface area contributed by atoms with Gasteiger partial charge in [-0.1, -0.05) is 52.0 Å². The van der Waals surface area contributed by atoms with Crippen molar-refractivity contribution in [1.82, 2.24) is 0 Å². The van der Waals surface area contributed by atoms with Crippen LogP contribution in [0.25, 0.3) is 0 Å². The van der Waals surface area contributed by atoms with Gasteiger partial charge in [0.1, 0.15) is 11.5 Å². The van der Waals surface area contributed by atoms with Gasteiger partial charge in [0.05, 0.1) is 5.69 Å². The van der Waals surface area contributed by atoms with E-state index in [0.29, 0.717) is 12.1 Å². The Balaban J connectivity index is 1.58. The van der Waals surface area contributed by atoms with E-state index in [1.165, 1.54) is 35.1 Å². The molecule has 1 aliphatic carbocycles. The predicted octanol–water partition coefficient (Wildman–Crippen LogP) is 6.79. The lowest BCUT2D eigenvalue weighted by Crippen LogP contribution is -2.34. The minimum atomic E-state index is -0.370. The fourth-order valence-corrected chi connectivity index (χ4v) is 4.73. The smallest absolute Gasteiger partial charge is 0.291 e. The van der Waals surface area contributed by atoms with Gasteiger partial charge < -0.3 is 14.8 Å². The number of nitrogens with one attached hydrogen (secondary N) is 1. The van der Waals surface area contributed by atoms with Crippen LogP contribution in [0.2, 0.25) is 0 Å². The monoisotopic (exact) mass is 431 g/mol. The lowest BCUT2D eigenvalue weighted by atomic mass is 9.62. The Labute approximate surface area is 190 Å². The minimum Gasteiger partial charge on any atom is -0.506 e. The molecule has 4 nitrogen and oxygen atoms in total. The molecule has 4 rings (SSSR count). The van der Waals surface area contributed by atoms with Crippen LogP contribution in [0.5, 0.6) is 5.75 Å². The van der Waals surface area contributed by atoms with Crippen molar-refractivity contribution in [1.29, 1.82) is 0 Å². The van der Waals surface area contributed by atoms with E-state index in [9.17, 15) is 9.90 Å². The number of aryl methyl sites for hydroxylation is 2. The summed E-state index contributed by atoms with van der Waals surface area (Å²) in [6.07, 6.45) is 3.00. The highest BCUT2D eigenvalue weighted by atomic mass is 16.3. The molecule has 0 atom stereocenters. The van der Waals surface area contributed by atoms with Crippen molar-refractivity contribution in [2.75, 3.05) is 5.32 Å². The number of furan rings is 1. The standard InChI is InChI=1S/C28H33NO3/c1-17-8-7-9-23(30)25(17)29-26(31)24-11-10-20(32-24)15-19-16-22-21(14-18(19)2)27(3,4)12-13-28(22,5)6/h7-11,14,16,30H,12-13,15H2,1-6H3,(H,29,31). The highest BCUT2D eigenvalue weighted by Gasteiger charge is 2.37. The number of benzene rings is 2. The van der Waals surface area contributed by atoms with Crippen LogP contribution in [0.1, 0.15) is 84.7 Å². The highest BCUT2D eigenvalue weighted by Crippen LogP contribution is 2.46. The Morgan fingerprint density at radius 2 is 1.62 bits per heavy atom. The van der Waals surface area contributed by atoms with Crippen LogP contribution in [-0.4, -0.2) is 11.0 Å². The summed E-state index contributed by atoms with van der Waals surface area (Å²) in [5, 5.41) is 12.8. The van der Waals surface area contributed by atoms with Gasteiger partial charge in [0.25, 0.3) is 5.91 Å². The van der Waals surface area contributed by atoms with E-state index >= 15 is 0 Å². The zero-order valence-corrected chi connectivity index (χ0v) is 19.9. The number of hydrogen-bond acceptors (Lipinski definition) is 3. The summed E-state index contributed by atoms with van der Waals surface area (Å²) >= 11 is 0. The number of anilines is 1. The SMILES string of the molecule is Cc1cc2c(cc1Cc1ccc(C(=O)Nc3c(C)cccc3O)o1)C(C)(C)CCC2(C)C. The van der Waals surface area contributed by atoms with Gasteiger partial charge in [0.15, 0.2) is 5.76 Å². The molecule has 2 N–H and O–H groups in total. The molecule has 0 radical (unpaired) electrons. The second kappa shape index (κ2) is 7.84. The number of aromatic hydroxyl groups is 1. The van der Waals surface area contributed by atoms with E-state index < -0.39 is 0 Å². The largest absolute Gasteiger partial charge is 0.506 e. The lowest BCUT2D eigenvalue weighted by molar-refractivity contribution is 0.0994. The molecule has 168 valence electrons. The van der Waals surface area contributed by atoms with Gasteiger partial charge >= 0.3 is 0 Å². The predicted molar refractivity (Wildman–Crippen MR) is 129 cm³/mol. The topological polar surface area (TPSA) is 62.5 Å². The summed E-state index contributed by atoms with van der Waals surface area (Å²) < 4.78 is 5.90. The third kappa shape index (κ3) is 4.06. The van der Waals surface area contributed by atoms with Gasteiger partial charge in [0.2, 0.25) is 0 Å². The molecule has 0 fully saturated rings. The molecule has 1 amide bonds. The third-order valence-electron chi connectivity index (χ3n) is 7.05. The average molecular weight is 432 g/mol. The Morgan fingerprint density at radius 3 is 2.28 bits per heavy atom. The third-order valence-corrected chi connectivity index (χ3v) is 7.05. The van der Waals surface area contributed by atoms with E-state index in [-0.39, 0.29) is 28.2 Å². The number of amides is 1. The maximum atomic E-state index is 12.7. The summed E-state index contributed by atoms with van der Waals surface area (Å²) in [6.45, 7) is 13.3. The summed E-state index contributed by atoms with van der Waals surface area (Å²) in [4.78, 5) is 12.7. The summed E-state index contributed by atoms with van der Waals surface area (Å²) in [6, 6.07) is 13.4. The Kier molecular flexibility index (Phi) is 5.44. The number of hydrogen-bond donors (Lipinski definition) is 2. The van der Waals surface area contributed by atoms with Crippen molar-refractivity contribution in [3.05, 3.63) is 81.8 Å². The van der Waals surface area contributed by atoms with Crippen LogP contribution in [0, 0.1) is 13.8 Å². The van der Waals surface area contributed by atoms with E-state index in [1.54, 1.807) is 18.2 Å². The van der Waals surface area contributed by atoms with Gasteiger partial charge in [-0.2, -0.15) is 0 Å². The molecule has 0 bridgehead atoms. The molecule has 1 aromatic heterocycles. The van der Waals surface area contributed by atoms with Crippen molar-refractivity contribution >= 4 is 11.6 Å². The van der Waals surface area contributed by atoms with Crippen LogP contribution >= 0.6 is 0 Å². The van der Waals surface area contributed by atoms with Crippen LogP contribution in [-0.2, 0) is 17.3 Å². The Hall–Kier alpha value is -3.01. The molecule has 0 unspecified atom stereocenters. The van der Waals surface area contributed by atoms with Crippen molar-refractivity contribution in [3.63, 3.8) is 0 Å². The van der Waals surface area contributed by atoms with Gasteiger partial charge in [-0.3, -0.25) is 4.79 Å². The fourth-order valence-electron chi connectivity index (χ4n) is 4.73. The summed E-state index contributed by atoms with van der Waals surface area (Å²) in [5.74, 6) is 0.658. The molecule has 0 saturated heterocycles. The number of fused-ring (bicyclic) bond motifs is 1. The molecule has 1 aliphatic rings. The maximum Gasteiger partial charge on any atom is 0.291 e. The lowest BCUT2D eigenvalue weighted by Gasteiger charge is -2.42. The number of carbonyl (C=O) groups excluding carboxylic acids is 1. The highest BCUT2D eigenvalue weighted by molar-refractivity contribution is 6.03. The fraction of sp³-hybridized carbons (Fsp3) is 0.393. The Bertz CT molecular complexity index is 1160. The van der Waals surface area contributed by atoms with Crippen LogP contribution in [0.15, 0.2) is 46.9 Å². The molecule has 0 aliphatic heterocycles. The molecule has 0 saturated carbocycles. The zero-order valence-electron chi connectivity index (χ0n) is 19.9. The van der Waals surface area contributed by atoms with Crippen molar-refractivity contribution in [2.24, 2.45) is 0 Å². The number of carbonyl (C=O) groups is 1. The molecular weight excluding hydrogens is 398 g/mol. The van der Waals surface area contributed by atoms with E-state index in [0.717, 1.165) is 11.3 Å². The van der Waals surface area contributed by atoms with Crippen LogP contribution < -0.4 is 5.32 Å². The molecule has 2 aromatic carbocycles. The molecular formula is C28H33NO3. The quantitative estimate of drug-likeness (QED) is 0.447. The molecule has 4 heteroatoms. The average Bonchev–Trinajstić information content (AvgIpc) is 3.18. The minimum absolute atomic E-state index is 0.0420. The number of para-hydroxylation sites is 1. The van der Waals surface area contributed by atoms with E-state index in [1.807, 2.05) is 19.1 Å². The van der Waals surface area contributed by atoms with Crippen molar-refractivity contribution in [2.45, 2.75) is 71.6 Å². The van der Waals surface area contributed by atoms with Crippen molar-refractivity contribution in [3.8, 4) is 5.75 Å². The molecule has 1 heterocycles. The number of rotatable bonds is 4. The van der Waals surface area contributed by atoms with E-state index in [4.69, 9.17) is 4.42 Å². The first kappa shape index (κ1) is 22.2. The first-order valence-electron chi connectivity index (χ1n) is 11.3. The molecule has 32 heavy (non-hydrogen) atoms. The first-order chi connectivity index (χ1) is 15.0. The Morgan fingerprint density at radius 1 is 0.969 bits per heavy atom. The van der Waals surface area contributed by atoms with Crippen LogP contribution in [0.4, 0.5) is 5.69 Å². The molecule has 0 spiro atoms. The van der Waals surface area contributed by atoms with Gasteiger partial charge in [0, 0.05) is 6.42 Å². The normalized spacial score (nSPS) is 16.4. The first-order valence-corrected chi connectivity index (χ1v) is 11.3. The summed E-state index contributed by atoms with van der Waals surface area (Å²) in [5.41, 5.74) is 6.89. The van der Waals surface area contributed by atoms with Gasteiger partial charge in [-0.05, 0) is 83.5 Å². The molecule has 3 aromatic rings. The number of phenolic OH excluding ortho intramolecular Hbond substituents is 1. The second-order valence-corrected chi connectivity index (χ2v) is 10.5. The van der Waals surface area contributed by atoms with Gasteiger partial charge in [-0.25, -0.2) is 0 Å². The maximum absolute atomic E-state index is 12.7. The van der Waals surface area contributed by atoms with Gasteiger partial charge in [-0.15, -0.1) is 0 Å². The summed E-state index contributed by atoms with van der Waals surface area (Å²) in [7, 11) is 0. The number of phenols is 1. The van der Waals surface area contributed by atoms with Crippen molar-refractivity contribution < 1.29 is 14.3 Å². The zero-order chi connectivity index (χ0) is 23.3. The van der Waals surface area contributed by atoms with E-state index in [2.05, 4.69) is 52.1 Å².